The molecule has 0 atom stereocenters. The van der Waals surface area contributed by atoms with Crippen LogP contribution in [0.15, 0.2) is 35.1 Å². The number of benzene rings is 2. The summed E-state index contributed by atoms with van der Waals surface area (Å²) in [5.41, 5.74) is 9.31. The molecule has 0 bridgehead atoms. The molecule has 3 aromatic rings. The molecule has 4 rings (SSSR count). The summed E-state index contributed by atoms with van der Waals surface area (Å²) >= 11 is 0. The van der Waals surface area contributed by atoms with Crippen LogP contribution in [0, 0.1) is 0 Å². The second-order valence-electron chi connectivity index (χ2n) is 7.61. The van der Waals surface area contributed by atoms with Crippen molar-refractivity contribution in [3.63, 3.8) is 0 Å². The van der Waals surface area contributed by atoms with E-state index in [4.69, 9.17) is 5.73 Å². The van der Waals surface area contributed by atoms with Crippen molar-refractivity contribution in [2.45, 2.75) is 26.2 Å². The Hall–Kier alpha value is -3.26. The van der Waals surface area contributed by atoms with Crippen LogP contribution in [0.4, 0.5) is 5.69 Å². The van der Waals surface area contributed by atoms with Crippen LogP contribution in [0.1, 0.15) is 30.9 Å². The van der Waals surface area contributed by atoms with E-state index in [1.807, 2.05) is 32.0 Å². The summed E-state index contributed by atoms with van der Waals surface area (Å²) in [6, 6.07) is 8.81. The predicted octanol–water partition coefficient (Wildman–Crippen LogP) is 2.08. The molecule has 152 valence electrons. The van der Waals surface area contributed by atoms with E-state index in [1.54, 1.807) is 6.07 Å². The lowest BCUT2D eigenvalue weighted by Crippen LogP contribution is -2.27. The minimum Gasteiger partial charge on any atom is -0.508 e. The van der Waals surface area contributed by atoms with Gasteiger partial charge in [-0.3, -0.25) is 0 Å². The Kier molecular flexibility index (Phi) is 4.79. The first-order chi connectivity index (χ1) is 13.9. The average molecular weight is 395 g/mol. The van der Waals surface area contributed by atoms with Crippen LogP contribution >= 0.6 is 0 Å². The van der Waals surface area contributed by atoms with Crippen LogP contribution in [0.2, 0.25) is 0 Å². The van der Waals surface area contributed by atoms with Crippen molar-refractivity contribution < 1.29 is 10.2 Å². The summed E-state index contributed by atoms with van der Waals surface area (Å²) in [4.78, 5) is 14.8. The fourth-order valence-corrected chi connectivity index (χ4v) is 3.94. The number of H-pyrrole nitrogens is 1. The Bertz CT molecular complexity index is 1120. The number of nitrogens with zero attached hydrogens (tertiary/aromatic N) is 3. The van der Waals surface area contributed by atoms with E-state index in [0.29, 0.717) is 29.2 Å². The second-order valence-corrected chi connectivity index (χ2v) is 7.61. The SMILES string of the molecule is CC(C)c1cc(-c2n[nH]c(=O)n2-c2ccc3c(c2)CCN3CCN)c(O)cc1O. The van der Waals surface area contributed by atoms with E-state index in [9.17, 15) is 15.0 Å². The van der Waals surface area contributed by atoms with Crippen molar-refractivity contribution in [2.75, 3.05) is 24.5 Å². The molecule has 8 heteroatoms. The van der Waals surface area contributed by atoms with Gasteiger partial charge in [-0.15, -0.1) is 0 Å². The molecule has 0 fully saturated rings. The van der Waals surface area contributed by atoms with Gasteiger partial charge in [-0.2, -0.15) is 5.10 Å². The molecule has 5 N–H and O–H groups in total. The lowest BCUT2D eigenvalue weighted by molar-refractivity contribution is 0.444. The number of aromatic amines is 1. The molecule has 0 amide bonds. The molecular weight excluding hydrogens is 370 g/mol. The number of aromatic hydroxyl groups is 2. The second kappa shape index (κ2) is 7.29. The van der Waals surface area contributed by atoms with Crippen LogP contribution in [-0.2, 0) is 6.42 Å². The summed E-state index contributed by atoms with van der Waals surface area (Å²) in [6.07, 6.45) is 0.882. The number of phenols is 2. The third kappa shape index (κ3) is 3.25. The molecule has 0 saturated carbocycles. The number of phenolic OH excluding ortho intramolecular Hbond substituents is 2. The van der Waals surface area contributed by atoms with E-state index >= 15 is 0 Å². The number of nitrogens with two attached hydrogens (primary N) is 1. The third-order valence-corrected chi connectivity index (χ3v) is 5.39. The highest BCUT2D eigenvalue weighted by molar-refractivity contribution is 5.70. The van der Waals surface area contributed by atoms with E-state index < -0.39 is 5.69 Å². The molecule has 0 radical (unpaired) electrons. The summed E-state index contributed by atoms with van der Waals surface area (Å²) in [6.45, 7) is 6.18. The number of hydrogen-bond acceptors (Lipinski definition) is 6. The van der Waals surface area contributed by atoms with E-state index in [-0.39, 0.29) is 17.4 Å². The summed E-state index contributed by atoms with van der Waals surface area (Å²) in [5, 5.41) is 27.2. The Morgan fingerprint density at radius 1 is 1.21 bits per heavy atom. The lowest BCUT2D eigenvalue weighted by atomic mass is 9.98. The minimum absolute atomic E-state index is 0.0169. The fourth-order valence-electron chi connectivity index (χ4n) is 3.94. The van der Waals surface area contributed by atoms with Crippen LogP contribution in [0.25, 0.3) is 17.1 Å². The predicted molar refractivity (Wildman–Crippen MR) is 112 cm³/mol. The normalized spacial score (nSPS) is 13.3. The van der Waals surface area contributed by atoms with E-state index in [2.05, 4.69) is 15.1 Å². The van der Waals surface area contributed by atoms with Crippen molar-refractivity contribution >= 4 is 5.69 Å². The van der Waals surface area contributed by atoms with Gasteiger partial charge in [0, 0.05) is 31.4 Å². The number of aromatic nitrogens is 3. The van der Waals surface area contributed by atoms with E-state index in [1.165, 1.54) is 10.6 Å². The zero-order valence-corrected chi connectivity index (χ0v) is 16.5. The van der Waals surface area contributed by atoms with Crippen LogP contribution in [-0.4, -0.2) is 44.6 Å². The highest BCUT2D eigenvalue weighted by Crippen LogP contribution is 2.38. The van der Waals surface area contributed by atoms with Gasteiger partial charge < -0.3 is 20.8 Å². The molecule has 0 aliphatic carbocycles. The zero-order chi connectivity index (χ0) is 20.7. The summed E-state index contributed by atoms with van der Waals surface area (Å²) < 4.78 is 1.45. The summed E-state index contributed by atoms with van der Waals surface area (Å²) in [5.74, 6) is 0.221. The molecule has 0 saturated heterocycles. The molecule has 2 aromatic carbocycles. The van der Waals surface area contributed by atoms with Crippen molar-refractivity contribution in [1.82, 2.24) is 14.8 Å². The minimum atomic E-state index is -0.393. The van der Waals surface area contributed by atoms with Crippen molar-refractivity contribution in [3.05, 3.63) is 51.9 Å². The van der Waals surface area contributed by atoms with Gasteiger partial charge >= 0.3 is 5.69 Å². The maximum absolute atomic E-state index is 12.6. The Labute approximate surface area is 168 Å². The van der Waals surface area contributed by atoms with Gasteiger partial charge in [-0.1, -0.05) is 13.8 Å². The topological polar surface area (TPSA) is 120 Å². The van der Waals surface area contributed by atoms with Crippen molar-refractivity contribution in [2.24, 2.45) is 5.73 Å². The van der Waals surface area contributed by atoms with Gasteiger partial charge in [0.15, 0.2) is 5.82 Å². The first kappa shape index (κ1) is 19.1. The molecule has 1 aliphatic heterocycles. The Balaban J connectivity index is 1.83. The monoisotopic (exact) mass is 395 g/mol. The molecule has 0 unspecified atom stereocenters. The first-order valence-corrected chi connectivity index (χ1v) is 9.72. The Morgan fingerprint density at radius 2 is 2.00 bits per heavy atom. The smallest absolute Gasteiger partial charge is 0.348 e. The highest BCUT2D eigenvalue weighted by atomic mass is 16.3. The Morgan fingerprint density at radius 3 is 2.72 bits per heavy atom. The van der Waals surface area contributed by atoms with Gasteiger partial charge in [0.1, 0.15) is 11.5 Å². The molecule has 2 heterocycles. The van der Waals surface area contributed by atoms with Gasteiger partial charge in [0.2, 0.25) is 0 Å². The maximum atomic E-state index is 12.6. The number of rotatable bonds is 5. The largest absolute Gasteiger partial charge is 0.508 e. The van der Waals surface area contributed by atoms with Crippen LogP contribution in [0.5, 0.6) is 11.5 Å². The van der Waals surface area contributed by atoms with Gasteiger partial charge in [-0.05, 0) is 47.7 Å². The van der Waals surface area contributed by atoms with Gasteiger partial charge in [0.05, 0.1) is 11.3 Å². The molecule has 1 aromatic heterocycles. The van der Waals surface area contributed by atoms with Crippen molar-refractivity contribution in [1.29, 1.82) is 0 Å². The number of hydrogen-bond donors (Lipinski definition) is 4. The number of nitrogens with one attached hydrogen (secondary N) is 1. The number of anilines is 1. The average Bonchev–Trinajstić information content (AvgIpc) is 3.25. The van der Waals surface area contributed by atoms with E-state index in [0.717, 1.165) is 30.8 Å². The van der Waals surface area contributed by atoms with Crippen LogP contribution in [0.3, 0.4) is 0 Å². The van der Waals surface area contributed by atoms with Crippen molar-refractivity contribution in [3.8, 4) is 28.6 Å². The fraction of sp³-hybridized carbons (Fsp3) is 0.333. The van der Waals surface area contributed by atoms with Crippen LogP contribution < -0.4 is 16.3 Å². The highest BCUT2D eigenvalue weighted by Gasteiger charge is 2.22. The standard InChI is InChI=1S/C21H25N5O3/c1-12(2)15-10-16(19(28)11-18(15)27)20-23-24-21(29)26(20)14-3-4-17-13(9-14)5-7-25(17)8-6-22/h3-4,9-12,27-28H,5-8,22H2,1-2H3,(H,24,29). The molecule has 8 nitrogen and oxygen atoms in total. The van der Waals surface area contributed by atoms with Gasteiger partial charge in [-0.25, -0.2) is 14.5 Å². The maximum Gasteiger partial charge on any atom is 0.348 e. The summed E-state index contributed by atoms with van der Waals surface area (Å²) in [7, 11) is 0. The molecule has 29 heavy (non-hydrogen) atoms. The zero-order valence-electron chi connectivity index (χ0n) is 16.5. The lowest BCUT2D eigenvalue weighted by Gasteiger charge is -2.18. The third-order valence-electron chi connectivity index (χ3n) is 5.39. The molecule has 0 spiro atoms. The number of fused-ring (bicyclic) bond motifs is 1. The molecular formula is C21H25N5O3. The quantitative estimate of drug-likeness (QED) is 0.525. The van der Waals surface area contributed by atoms with Gasteiger partial charge in [0.25, 0.3) is 0 Å². The molecule has 1 aliphatic rings. The first-order valence-electron chi connectivity index (χ1n) is 9.72.